The average molecular weight is 426 g/mol. The van der Waals surface area contributed by atoms with Gasteiger partial charge in [0.1, 0.15) is 17.2 Å². The second-order valence-electron chi connectivity index (χ2n) is 6.70. The standard InChI is InChI=1S/C24H24ClNO4/c1-28-20-9-4-17(5-10-20)15-26(16-18-6-11-21(29-2)12-7-18)24(27)22-14-19(25)8-13-23(22)30-3/h4-14H,15-16H2,1-3H3. The van der Waals surface area contributed by atoms with E-state index in [0.29, 0.717) is 29.4 Å². The molecule has 0 radical (unpaired) electrons. The smallest absolute Gasteiger partial charge is 0.258 e. The molecule has 0 heterocycles. The molecule has 0 atom stereocenters. The number of nitrogens with zero attached hydrogens (tertiary/aromatic N) is 1. The van der Waals surface area contributed by atoms with Gasteiger partial charge in [-0.3, -0.25) is 4.79 Å². The molecule has 0 saturated heterocycles. The highest BCUT2D eigenvalue weighted by Gasteiger charge is 2.21. The van der Waals surface area contributed by atoms with Crippen LogP contribution in [0.15, 0.2) is 66.7 Å². The van der Waals surface area contributed by atoms with Gasteiger partial charge in [-0.05, 0) is 53.6 Å². The fourth-order valence-electron chi connectivity index (χ4n) is 3.12. The van der Waals surface area contributed by atoms with Crippen molar-refractivity contribution in [1.29, 1.82) is 0 Å². The minimum Gasteiger partial charge on any atom is -0.497 e. The number of halogens is 1. The maximum Gasteiger partial charge on any atom is 0.258 e. The molecule has 0 aliphatic rings. The first kappa shape index (κ1) is 21.5. The van der Waals surface area contributed by atoms with Crippen LogP contribution in [-0.4, -0.2) is 32.1 Å². The molecule has 156 valence electrons. The normalized spacial score (nSPS) is 10.4. The van der Waals surface area contributed by atoms with Crippen molar-refractivity contribution in [2.24, 2.45) is 0 Å². The lowest BCUT2D eigenvalue weighted by Gasteiger charge is -2.24. The van der Waals surface area contributed by atoms with Crippen molar-refractivity contribution >= 4 is 17.5 Å². The van der Waals surface area contributed by atoms with Gasteiger partial charge in [0.2, 0.25) is 0 Å². The van der Waals surface area contributed by atoms with Crippen LogP contribution < -0.4 is 14.2 Å². The first-order chi connectivity index (χ1) is 14.5. The summed E-state index contributed by atoms with van der Waals surface area (Å²) < 4.78 is 15.8. The Morgan fingerprint density at radius 2 is 1.27 bits per heavy atom. The van der Waals surface area contributed by atoms with Crippen LogP contribution in [0.3, 0.4) is 0 Å². The van der Waals surface area contributed by atoms with Gasteiger partial charge in [-0.1, -0.05) is 35.9 Å². The number of carbonyl (C=O) groups is 1. The Hall–Kier alpha value is -3.18. The Morgan fingerprint density at radius 1 is 0.767 bits per heavy atom. The van der Waals surface area contributed by atoms with Gasteiger partial charge in [-0.25, -0.2) is 0 Å². The van der Waals surface area contributed by atoms with E-state index in [1.54, 1.807) is 37.3 Å². The van der Waals surface area contributed by atoms with Gasteiger partial charge < -0.3 is 19.1 Å². The molecule has 0 spiro atoms. The lowest BCUT2D eigenvalue weighted by atomic mass is 10.1. The number of hydrogen-bond donors (Lipinski definition) is 0. The number of amides is 1. The summed E-state index contributed by atoms with van der Waals surface area (Å²) in [6.07, 6.45) is 0. The fourth-order valence-corrected chi connectivity index (χ4v) is 3.29. The summed E-state index contributed by atoms with van der Waals surface area (Å²) >= 11 is 6.16. The lowest BCUT2D eigenvalue weighted by Crippen LogP contribution is -2.30. The van der Waals surface area contributed by atoms with Crippen LogP contribution in [0.2, 0.25) is 5.02 Å². The third-order valence-corrected chi connectivity index (χ3v) is 4.98. The molecule has 0 aliphatic carbocycles. The first-order valence-electron chi connectivity index (χ1n) is 9.42. The highest BCUT2D eigenvalue weighted by molar-refractivity contribution is 6.31. The van der Waals surface area contributed by atoms with Crippen molar-refractivity contribution in [3.05, 3.63) is 88.4 Å². The Bertz CT molecular complexity index is 938. The second-order valence-corrected chi connectivity index (χ2v) is 7.14. The summed E-state index contributed by atoms with van der Waals surface area (Å²) in [7, 11) is 4.79. The van der Waals surface area contributed by atoms with Gasteiger partial charge in [0, 0.05) is 18.1 Å². The molecule has 0 bridgehead atoms. The Labute approximate surface area is 181 Å². The summed E-state index contributed by atoms with van der Waals surface area (Å²) in [5, 5.41) is 0.480. The van der Waals surface area contributed by atoms with Crippen molar-refractivity contribution in [1.82, 2.24) is 4.90 Å². The van der Waals surface area contributed by atoms with E-state index in [1.165, 1.54) is 7.11 Å². The number of carbonyl (C=O) groups excluding carboxylic acids is 1. The van der Waals surface area contributed by atoms with E-state index in [1.807, 2.05) is 48.5 Å². The van der Waals surface area contributed by atoms with Crippen LogP contribution in [0.1, 0.15) is 21.5 Å². The molecule has 3 aromatic rings. The van der Waals surface area contributed by atoms with E-state index in [-0.39, 0.29) is 5.91 Å². The number of ether oxygens (including phenoxy) is 3. The molecular weight excluding hydrogens is 402 g/mol. The molecule has 0 fully saturated rings. The number of hydrogen-bond acceptors (Lipinski definition) is 4. The quantitative estimate of drug-likeness (QED) is 0.497. The fraction of sp³-hybridized carbons (Fsp3) is 0.208. The zero-order valence-electron chi connectivity index (χ0n) is 17.2. The van der Waals surface area contributed by atoms with Crippen LogP contribution in [-0.2, 0) is 13.1 Å². The van der Waals surface area contributed by atoms with E-state index < -0.39 is 0 Å². The molecule has 0 aliphatic heterocycles. The van der Waals surface area contributed by atoms with Crippen LogP contribution in [0.5, 0.6) is 17.2 Å². The van der Waals surface area contributed by atoms with E-state index in [0.717, 1.165) is 22.6 Å². The Balaban J connectivity index is 1.92. The maximum absolute atomic E-state index is 13.5. The van der Waals surface area contributed by atoms with Gasteiger partial charge in [-0.15, -0.1) is 0 Å². The minimum atomic E-state index is -0.166. The third kappa shape index (κ3) is 5.24. The molecule has 3 aromatic carbocycles. The number of benzene rings is 3. The molecule has 1 amide bonds. The van der Waals surface area contributed by atoms with E-state index in [9.17, 15) is 4.79 Å². The molecule has 30 heavy (non-hydrogen) atoms. The monoisotopic (exact) mass is 425 g/mol. The van der Waals surface area contributed by atoms with Gasteiger partial charge in [-0.2, -0.15) is 0 Å². The van der Waals surface area contributed by atoms with Gasteiger partial charge >= 0.3 is 0 Å². The molecule has 0 aromatic heterocycles. The zero-order valence-corrected chi connectivity index (χ0v) is 18.0. The van der Waals surface area contributed by atoms with E-state index in [2.05, 4.69) is 0 Å². The summed E-state index contributed by atoms with van der Waals surface area (Å²) in [6, 6.07) is 20.4. The van der Waals surface area contributed by atoms with E-state index >= 15 is 0 Å². The van der Waals surface area contributed by atoms with Gasteiger partial charge in [0.05, 0.1) is 26.9 Å². The second kappa shape index (κ2) is 10.0. The molecule has 6 heteroatoms. The molecule has 0 N–H and O–H groups in total. The summed E-state index contributed by atoms with van der Waals surface area (Å²) in [4.78, 5) is 15.2. The first-order valence-corrected chi connectivity index (χ1v) is 9.80. The van der Waals surface area contributed by atoms with Crippen LogP contribution >= 0.6 is 11.6 Å². The van der Waals surface area contributed by atoms with Crippen molar-refractivity contribution in [3.8, 4) is 17.2 Å². The molecular formula is C24H24ClNO4. The predicted molar refractivity (Wildman–Crippen MR) is 118 cm³/mol. The molecule has 5 nitrogen and oxygen atoms in total. The van der Waals surface area contributed by atoms with Crippen molar-refractivity contribution in [3.63, 3.8) is 0 Å². The summed E-state index contributed by atoms with van der Waals surface area (Å²) in [6.45, 7) is 0.842. The van der Waals surface area contributed by atoms with E-state index in [4.69, 9.17) is 25.8 Å². The molecule has 0 unspecified atom stereocenters. The zero-order chi connectivity index (χ0) is 21.5. The number of rotatable bonds is 8. The topological polar surface area (TPSA) is 48.0 Å². The maximum atomic E-state index is 13.5. The van der Waals surface area contributed by atoms with Crippen LogP contribution in [0.4, 0.5) is 0 Å². The largest absolute Gasteiger partial charge is 0.497 e. The highest BCUT2D eigenvalue weighted by Crippen LogP contribution is 2.26. The molecule has 3 rings (SSSR count). The van der Waals surface area contributed by atoms with Crippen LogP contribution in [0, 0.1) is 0 Å². The Morgan fingerprint density at radius 3 is 1.70 bits per heavy atom. The minimum absolute atomic E-state index is 0.166. The highest BCUT2D eigenvalue weighted by atomic mass is 35.5. The van der Waals surface area contributed by atoms with Crippen LogP contribution in [0.25, 0.3) is 0 Å². The Kier molecular flexibility index (Phi) is 7.20. The van der Waals surface area contributed by atoms with Gasteiger partial charge in [0.25, 0.3) is 5.91 Å². The van der Waals surface area contributed by atoms with Crippen molar-refractivity contribution in [2.75, 3.05) is 21.3 Å². The summed E-state index contributed by atoms with van der Waals surface area (Å²) in [5.41, 5.74) is 2.39. The SMILES string of the molecule is COc1ccc(CN(Cc2ccc(OC)cc2)C(=O)c2cc(Cl)ccc2OC)cc1. The predicted octanol–water partition coefficient (Wildman–Crippen LogP) is 5.21. The van der Waals surface area contributed by atoms with Gasteiger partial charge in [0.15, 0.2) is 0 Å². The van der Waals surface area contributed by atoms with Crippen molar-refractivity contribution < 1.29 is 19.0 Å². The number of methoxy groups -OCH3 is 3. The average Bonchev–Trinajstić information content (AvgIpc) is 2.79. The molecule has 0 saturated carbocycles. The lowest BCUT2D eigenvalue weighted by molar-refractivity contribution is 0.0726. The third-order valence-electron chi connectivity index (χ3n) is 4.74. The van der Waals surface area contributed by atoms with Crippen molar-refractivity contribution in [2.45, 2.75) is 13.1 Å². The summed E-state index contributed by atoms with van der Waals surface area (Å²) in [5.74, 6) is 1.85.